The first-order valence-corrected chi connectivity index (χ1v) is 19.5. The topological polar surface area (TPSA) is 0 Å². The minimum atomic E-state index is 0. The van der Waals surface area contributed by atoms with Crippen LogP contribution in [0.15, 0.2) is 78.9 Å². The quantitative estimate of drug-likeness (QED) is 0.182. The molecule has 0 unspecified atom stereocenters. The van der Waals surface area contributed by atoms with E-state index in [4.69, 9.17) is 0 Å². The van der Waals surface area contributed by atoms with Crippen LogP contribution in [0.5, 0.6) is 0 Å². The molecule has 0 N–H and O–H groups in total. The summed E-state index contributed by atoms with van der Waals surface area (Å²) < 4.78 is 1.55. The maximum absolute atomic E-state index is 3.65. The molecule has 3 heteroatoms. The van der Waals surface area contributed by atoms with E-state index in [1.54, 1.807) is 8.77 Å². The van der Waals surface area contributed by atoms with Crippen molar-refractivity contribution in [3.05, 3.63) is 135 Å². The molecule has 0 atom stereocenters. The van der Waals surface area contributed by atoms with Gasteiger partial charge in [0.1, 0.15) is 0 Å². The van der Waals surface area contributed by atoms with Crippen LogP contribution in [0.2, 0.25) is 0 Å². The normalized spacial score (nSPS) is 17.8. The summed E-state index contributed by atoms with van der Waals surface area (Å²) >= 11 is 1.54. The standard InChI is InChI=1S/C25H25.C13H19.C9H10.2ClH.Zr/c1-14-12-24(3,4)22-8-16-7-17-9-23-19(15(2)13-25(23,5)6)11-21(17)20(16)10-18(14)22;1-11-6-7-12(10-11)13(2)8-4-3-5-9-13;1-2-6-9-7-4-3-5-8-9;;;/h8-12H,7H2,1-6H3;6-7,10H,3-5,8-9H2,1-2H3;3-5,7-8H,2H2,1H3;2*1H;/q2*-1;;;;+2/p-2. The van der Waals surface area contributed by atoms with Crippen LogP contribution in [0.1, 0.15) is 144 Å². The van der Waals surface area contributed by atoms with E-state index in [1.807, 2.05) is 0 Å². The molecule has 0 nitrogen and oxygen atoms in total. The van der Waals surface area contributed by atoms with E-state index in [0.717, 1.165) is 6.42 Å². The zero-order chi connectivity index (χ0) is 34.4. The number of allylic oxidation sites excluding steroid dienone is 4. The predicted molar refractivity (Wildman–Crippen MR) is 205 cm³/mol. The summed E-state index contributed by atoms with van der Waals surface area (Å²) in [5, 5.41) is 0. The number of halogens is 2. The minimum absolute atomic E-state index is 0. The summed E-state index contributed by atoms with van der Waals surface area (Å²) in [5.41, 5.74) is 19.4. The Labute approximate surface area is 330 Å². The molecule has 50 heavy (non-hydrogen) atoms. The molecule has 1 saturated carbocycles. The number of hydrogen-bond donors (Lipinski definition) is 0. The van der Waals surface area contributed by atoms with E-state index < -0.39 is 0 Å². The van der Waals surface area contributed by atoms with Gasteiger partial charge in [-0.15, -0.1) is 11.6 Å². The molecule has 0 amide bonds. The van der Waals surface area contributed by atoms with Gasteiger partial charge in [0, 0.05) is 5.41 Å². The van der Waals surface area contributed by atoms with Gasteiger partial charge in [0.15, 0.2) is 0 Å². The van der Waals surface area contributed by atoms with Crippen molar-refractivity contribution in [3.8, 4) is 11.1 Å². The molecule has 0 aromatic heterocycles. The van der Waals surface area contributed by atoms with E-state index in [-0.39, 0.29) is 35.6 Å². The van der Waals surface area contributed by atoms with E-state index in [0.29, 0.717) is 5.41 Å². The van der Waals surface area contributed by atoms with Crippen LogP contribution in [0.4, 0.5) is 0 Å². The molecular weight excluding hydrogens is 727 g/mol. The summed E-state index contributed by atoms with van der Waals surface area (Å²) in [4.78, 5) is 0. The summed E-state index contributed by atoms with van der Waals surface area (Å²) in [6, 6.07) is 27.3. The van der Waals surface area contributed by atoms with Crippen molar-refractivity contribution in [2.75, 3.05) is 0 Å². The van der Waals surface area contributed by atoms with Crippen LogP contribution >= 0.6 is 0 Å². The van der Waals surface area contributed by atoms with Crippen LogP contribution in [0.3, 0.4) is 0 Å². The molecule has 4 aliphatic rings. The maximum atomic E-state index is 3.65. The van der Waals surface area contributed by atoms with Gasteiger partial charge in [-0.2, -0.15) is 28.8 Å². The van der Waals surface area contributed by atoms with Crippen molar-refractivity contribution >= 4 is 14.4 Å². The Balaban J connectivity index is 0.000000190. The zero-order valence-electron chi connectivity index (χ0n) is 31.7. The van der Waals surface area contributed by atoms with Crippen molar-refractivity contribution in [3.63, 3.8) is 0 Å². The minimum Gasteiger partial charge on any atom is -1.00 e. The molecular formula is C47H54Cl2Zr-2. The predicted octanol–water partition coefficient (Wildman–Crippen LogP) is 6.56. The first-order valence-electron chi connectivity index (χ1n) is 18.3. The Morgan fingerprint density at radius 2 is 1.36 bits per heavy atom. The fraction of sp³-hybridized carbons (Fsp3) is 0.404. The monoisotopic (exact) mass is 778 g/mol. The number of rotatable bonds is 3. The van der Waals surface area contributed by atoms with E-state index >= 15 is 0 Å². The summed E-state index contributed by atoms with van der Waals surface area (Å²) in [7, 11) is 0. The number of hydrogen-bond acceptors (Lipinski definition) is 0. The van der Waals surface area contributed by atoms with E-state index in [1.165, 1.54) is 130 Å². The Bertz CT molecular complexity index is 1820. The smallest absolute Gasteiger partial charge is 0.0533 e. The Morgan fingerprint density at radius 3 is 1.94 bits per heavy atom. The SMILES string of the molecule is CC1=[C-]C(C)(C)c2cc3c(cc21)-c1cc2c(cc1C3)C(C)(C)C=C2C.CC[C](=[Zr+2])c1ccccc1.Cc1cc(C2(C)CCCCC2)c[cH-]1.[Cl-].[Cl-]. The second kappa shape index (κ2) is 15.8. The molecule has 8 rings (SSSR count). The van der Waals surface area contributed by atoms with Crippen LogP contribution in [0.25, 0.3) is 22.3 Å². The van der Waals surface area contributed by atoms with Gasteiger partial charge in [-0.3, -0.25) is 6.08 Å². The first-order chi connectivity index (χ1) is 22.7. The average molecular weight is 781 g/mol. The van der Waals surface area contributed by atoms with Crippen LogP contribution in [-0.4, -0.2) is 3.21 Å². The van der Waals surface area contributed by atoms with E-state index in [2.05, 4.69) is 147 Å². The van der Waals surface area contributed by atoms with Crippen molar-refractivity contribution < 1.29 is 49.0 Å². The fourth-order valence-corrected chi connectivity index (χ4v) is 9.09. The van der Waals surface area contributed by atoms with Gasteiger partial charge in [0.25, 0.3) is 0 Å². The molecule has 0 heterocycles. The van der Waals surface area contributed by atoms with Gasteiger partial charge < -0.3 is 24.8 Å². The Hall–Kier alpha value is -2.18. The zero-order valence-corrected chi connectivity index (χ0v) is 35.7. The molecule has 4 aliphatic carbocycles. The summed E-state index contributed by atoms with van der Waals surface area (Å²) in [6.45, 7) is 20.5. The summed E-state index contributed by atoms with van der Waals surface area (Å²) in [5.74, 6) is 0. The molecule has 0 bridgehead atoms. The van der Waals surface area contributed by atoms with Gasteiger partial charge in [-0.25, -0.2) is 11.6 Å². The average Bonchev–Trinajstić information content (AvgIpc) is 3.78. The van der Waals surface area contributed by atoms with Gasteiger partial charge in [-0.05, 0) is 58.4 Å². The van der Waals surface area contributed by atoms with Crippen LogP contribution < -0.4 is 24.8 Å². The molecule has 4 aromatic rings. The summed E-state index contributed by atoms with van der Waals surface area (Å²) in [6.07, 6.45) is 15.4. The third-order valence-corrected chi connectivity index (χ3v) is 13.0. The van der Waals surface area contributed by atoms with E-state index in [9.17, 15) is 0 Å². The molecule has 0 saturated heterocycles. The Morgan fingerprint density at radius 1 is 0.760 bits per heavy atom. The molecule has 1 fully saturated rings. The molecule has 262 valence electrons. The molecule has 4 aromatic carbocycles. The maximum Gasteiger partial charge on any atom is -0.0533 e. The van der Waals surface area contributed by atoms with Crippen molar-refractivity contribution in [2.45, 2.75) is 124 Å². The largest absolute Gasteiger partial charge is 1.00 e. The van der Waals surface area contributed by atoms with Crippen LogP contribution in [0, 0.1) is 13.0 Å². The third-order valence-electron chi connectivity index (χ3n) is 11.5. The van der Waals surface area contributed by atoms with Gasteiger partial charge in [0.05, 0.1) is 0 Å². The second-order valence-electron chi connectivity index (χ2n) is 16.2. The van der Waals surface area contributed by atoms with Gasteiger partial charge >= 0.3 is 76.7 Å². The third kappa shape index (κ3) is 8.07. The molecule has 0 radical (unpaired) electrons. The fourth-order valence-electron chi connectivity index (χ4n) is 8.68. The number of aryl methyl sites for hydroxylation is 1. The number of benzene rings is 3. The molecule has 0 spiro atoms. The van der Waals surface area contributed by atoms with Crippen molar-refractivity contribution in [1.29, 1.82) is 0 Å². The van der Waals surface area contributed by atoms with Gasteiger partial charge in [-0.1, -0.05) is 110 Å². The molecule has 0 aliphatic heterocycles. The number of fused-ring (bicyclic) bond motifs is 5. The second-order valence-corrected chi connectivity index (χ2v) is 17.7. The van der Waals surface area contributed by atoms with Crippen molar-refractivity contribution in [1.82, 2.24) is 0 Å². The first kappa shape index (κ1) is 40.6. The van der Waals surface area contributed by atoms with Crippen LogP contribution in [-0.2, 0) is 46.9 Å². The van der Waals surface area contributed by atoms with Crippen molar-refractivity contribution in [2.24, 2.45) is 0 Å². The Kier molecular flexibility index (Phi) is 12.8. The van der Waals surface area contributed by atoms with Gasteiger partial charge in [0.2, 0.25) is 0 Å².